The van der Waals surface area contributed by atoms with E-state index in [0.717, 1.165) is 6.54 Å². The van der Waals surface area contributed by atoms with E-state index in [9.17, 15) is 0 Å². The molecule has 6 nitrogen and oxygen atoms in total. The Morgan fingerprint density at radius 2 is 1.90 bits per heavy atom. The second-order valence-corrected chi connectivity index (χ2v) is 5.47. The van der Waals surface area contributed by atoms with Gasteiger partial charge < -0.3 is 10.2 Å². The molecular weight excluding hydrogens is 264 g/mol. The summed E-state index contributed by atoms with van der Waals surface area (Å²) in [6, 6.07) is 8.97. The van der Waals surface area contributed by atoms with Crippen molar-refractivity contribution >= 4 is 11.6 Å². The van der Waals surface area contributed by atoms with Crippen molar-refractivity contribution in [3.8, 4) is 0 Å². The van der Waals surface area contributed by atoms with Crippen LogP contribution in [0, 0.1) is 0 Å². The summed E-state index contributed by atoms with van der Waals surface area (Å²) >= 11 is 0. The average Bonchev–Trinajstić information content (AvgIpc) is 3.18. The molecule has 1 N–H and O–H groups in total. The van der Waals surface area contributed by atoms with Gasteiger partial charge in [0.2, 0.25) is 5.95 Å². The number of anilines is 2. The van der Waals surface area contributed by atoms with Crippen molar-refractivity contribution < 1.29 is 0 Å². The summed E-state index contributed by atoms with van der Waals surface area (Å²) in [4.78, 5) is 2.44. The van der Waals surface area contributed by atoms with Gasteiger partial charge in [-0.05, 0) is 54.8 Å². The highest BCUT2D eigenvalue weighted by Crippen LogP contribution is 2.23. The molecule has 1 unspecified atom stereocenters. The fraction of sp³-hybridized carbons (Fsp3) is 0.533. The third-order valence-corrected chi connectivity index (χ3v) is 4.04. The summed E-state index contributed by atoms with van der Waals surface area (Å²) in [5, 5.41) is 15.0. The van der Waals surface area contributed by atoms with E-state index in [0.29, 0.717) is 5.95 Å². The molecule has 0 radical (unpaired) electrons. The van der Waals surface area contributed by atoms with E-state index >= 15 is 0 Å². The molecule has 6 heteroatoms. The van der Waals surface area contributed by atoms with Gasteiger partial charge in [0, 0.05) is 25.3 Å². The van der Waals surface area contributed by atoms with Crippen LogP contribution in [0.4, 0.5) is 11.6 Å². The molecule has 0 aliphatic carbocycles. The lowest BCUT2D eigenvalue weighted by Gasteiger charge is -2.19. The molecule has 1 fully saturated rings. The molecule has 0 saturated carbocycles. The SMILES string of the molecule is CCn1nnnc1NC(C)c1ccc(N2CCCC2)cc1. The first-order valence-corrected chi connectivity index (χ1v) is 7.65. The molecule has 1 aromatic heterocycles. The van der Waals surface area contributed by atoms with Gasteiger partial charge in [0.25, 0.3) is 0 Å². The first-order chi connectivity index (χ1) is 10.3. The van der Waals surface area contributed by atoms with Crippen LogP contribution >= 0.6 is 0 Å². The summed E-state index contributed by atoms with van der Waals surface area (Å²) in [5.74, 6) is 0.716. The quantitative estimate of drug-likeness (QED) is 0.915. The monoisotopic (exact) mass is 286 g/mol. The zero-order valence-corrected chi connectivity index (χ0v) is 12.7. The molecule has 1 aliphatic heterocycles. The number of benzene rings is 1. The molecular formula is C15H22N6. The van der Waals surface area contributed by atoms with Crippen LogP contribution in [0.25, 0.3) is 0 Å². The molecule has 1 aliphatic rings. The van der Waals surface area contributed by atoms with Gasteiger partial charge in [-0.15, -0.1) is 0 Å². The number of tetrazole rings is 1. The molecule has 0 bridgehead atoms. The minimum Gasteiger partial charge on any atom is -0.372 e. The summed E-state index contributed by atoms with van der Waals surface area (Å²) in [5.41, 5.74) is 2.56. The Kier molecular flexibility index (Phi) is 4.03. The first kappa shape index (κ1) is 13.9. The maximum absolute atomic E-state index is 4.02. The highest BCUT2D eigenvalue weighted by atomic mass is 15.6. The lowest BCUT2D eigenvalue weighted by atomic mass is 10.1. The number of rotatable bonds is 5. The normalized spacial score (nSPS) is 16.2. The van der Waals surface area contributed by atoms with Crippen LogP contribution < -0.4 is 10.2 Å². The highest BCUT2D eigenvalue weighted by molar-refractivity contribution is 5.49. The molecule has 1 aromatic carbocycles. The fourth-order valence-electron chi connectivity index (χ4n) is 2.75. The van der Waals surface area contributed by atoms with Gasteiger partial charge in [0.15, 0.2) is 0 Å². The van der Waals surface area contributed by atoms with Crippen LogP contribution in [0.2, 0.25) is 0 Å². The lowest BCUT2D eigenvalue weighted by Crippen LogP contribution is -2.17. The summed E-state index contributed by atoms with van der Waals surface area (Å²) in [6.45, 7) is 7.27. The Labute approximate surface area is 125 Å². The van der Waals surface area contributed by atoms with E-state index in [2.05, 4.69) is 56.9 Å². The number of hydrogen-bond donors (Lipinski definition) is 1. The fourth-order valence-corrected chi connectivity index (χ4v) is 2.75. The molecule has 21 heavy (non-hydrogen) atoms. The van der Waals surface area contributed by atoms with Crippen molar-refractivity contribution in [1.29, 1.82) is 0 Å². The average molecular weight is 286 g/mol. The summed E-state index contributed by atoms with van der Waals surface area (Å²) < 4.78 is 1.76. The second-order valence-electron chi connectivity index (χ2n) is 5.47. The second kappa shape index (κ2) is 6.11. The van der Waals surface area contributed by atoms with E-state index < -0.39 is 0 Å². The topological polar surface area (TPSA) is 58.9 Å². The highest BCUT2D eigenvalue weighted by Gasteiger charge is 2.14. The van der Waals surface area contributed by atoms with Crippen molar-refractivity contribution in [3.05, 3.63) is 29.8 Å². The minimum absolute atomic E-state index is 0.175. The number of aromatic nitrogens is 4. The molecule has 2 aromatic rings. The van der Waals surface area contributed by atoms with Crippen LogP contribution in [-0.4, -0.2) is 33.3 Å². The molecule has 2 heterocycles. The standard InChI is InChI=1S/C15H22N6/c1-3-21-15(17-18-19-21)16-12(2)13-6-8-14(9-7-13)20-10-4-5-11-20/h6-9,12H,3-5,10-11H2,1-2H3,(H,16,17,19). The number of nitrogens with zero attached hydrogens (tertiary/aromatic N) is 5. The maximum atomic E-state index is 4.02. The van der Waals surface area contributed by atoms with Crippen LogP contribution in [0.1, 0.15) is 38.3 Å². The minimum atomic E-state index is 0.175. The summed E-state index contributed by atoms with van der Waals surface area (Å²) in [6.07, 6.45) is 2.61. The predicted molar refractivity (Wildman–Crippen MR) is 83.4 cm³/mol. The smallest absolute Gasteiger partial charge is 0.243 e. The van der Waals surface area contributed by atoms with Crippen molar-refractivity contribution in [2.75, 3.05) is 23.3 Å². The molecule has 1 atom stereocenters. The van der Waals surface area contributed by atoms with Crippen molar-refractivity contribution in [2.45, 2.75) is 39.3 Å². The Balaban J connectivity index is 1.68. The van der Waals surface area contributed by atoms with Gasteiger partial charge in [-0.3, -0.25) is 0 Å². The van der Waals surface area contributed by atoms with E-state index in [1.165, 1.54) is 37.2 Å². The van der Waals surface area contributed by atoms with E-state index in [4.69, 9.17) is 0 Å². The van der Waals surface area contributed by atoms with Gasteiger partial charge >= 0.3 is 0 Å². The van der Waals surface area contributed by atoms with Crippen molar-refractivity contribution in [2.24, 2.45) is 0 Å². The molecule has 3 rings (SSSR count). The maximum Gasteiger partial charge on any atom is 0.243 e. The Morgan fingerprint density at radius 3 is 2.57 bits per heavy atom. The van der Waals surface area contributed by atoms with Crippen LogP contribution in [-0.2, 0) is 6.54 Å². The molecule has 0 amide bonds. The number of aryl methyl sites for hydroxylation is 1. The van der Waals surface area contributed by atoms with Gasteiger partial charge in [0.1, 0.15) is 0 Å². The molecule has 1 saturated heterocycles. The Bertz CT molecular complexity index is 570. The molecule has 112 valence electrons. The summed E-state index contributed by atoms with van der Waals surface area (Å²) in [7, 11) is 0. The van der Waals surface area contributed by atoms with Crippen LogP contribution in [0.5, 0.6) is 0 Å². The van der Waals surface area contributed by atoms with Crippen LogP contribution in [0.15, 0.2) is 24.3 Å². The van der Waals surface area contributed by atoms with Gasteiger partial charge in [-0.1, -0.05) is 17.2 Å². The number of nitrogens with one attached hydrogen (secondary N) is 1. The third-order valence-electron chi connectivity index (χ3n) is 4.04. The zero-order valence-electron chi connectivity index (χ0n) is 12.7. The molecule has 0 spiro atoms. The van der Waals surface area contributed by atoms with E-state index in [1.54, 1.807) is 4.68 Å². The van der Waals surface area contributed by atoms with Crippen molar-refractivity contribution in [3.63, 3.8) is 0 Å². The first-order valence-electron chi connectivity index (χ1n) is 7.65. The Morgan fingerprint density at radius 1 is 1.19 bits per heavy atom. The lowest BCUT2D eigenvalue weighted by molar-refractivity contribution is 0.625. The Hall–Kier alpha value is -2.11. The van der Waals surface area contributed by atoms with Crippen LogP contribution in [0.3, 0.4) is 0 Å². The van der Waals surface area contributed by atoms with Gasteiger partial charge in [-0.25, -0.2) is 4.68 Å². The van der Waals surface area contributed by atoms with Gasteiger partial charge in [0.05, 0.1) is 6.04 Å². The van der Waals surface area contributed by atoms with Crippen molar-refractivity contribution in [1.82, 2.24) is 20.2 Å². The number of hydrogen-bond acceptors (Lipinski definition) is 5. The zero-order chi connectivity index (χ0) is 14.7. The van der Waals surface area contributed by atoms with E-state index in [1.807, 2.05) is 6.92 Å². The largest absolute Gasteiger partial charge is 0.372 e. The third kappa shape index (κ3) is 2.99. The van der Waals surface area contributed by atoms with Gasteiger partial charge in [-0.2, -0.15) is 0 Å². The predicted octanol–water partition coefficient (Wildman–Crippen LogP) is 2.47. The van der Waals surface area contributed by atoms with E-state index in [-0.39, 0.29) is 6.04 Å².